The molecule has 0 saturated carbocycles. The minimum atomic E-state index is -0.985. The standard InChI is InChI=1S/C10H15N3O3/c1-6-9(10(15)16)7(2)13(12-6)5-4-8(14)11-3/h4-5H2,1-3H3,(H,11,14)(H,15,16). The lowest BCUT2D eigenvalue weighted by atomic mass is 10.2. The van der Waals surface area contributed by atoms with Gasteiger partial charge in [0.1, 0.15) is 5.56 Å². The summed E-state index contributed by atoms with van der Waals surface area (Å²) >= 11 is 0. The summed E-state index contributed by atoms with van der Waals surface area (Å²) in [7, 11) is 1.56. The van der Waals surface area contributed by atoms with Gasteiger partial charge in [-0.3, -0.25) is 9.48 Å². The maximum Gasteiger partial charge on any atom is 0.339 e. The average Bonchev–Trinajstić information content (AvgIpc) is 2.50. The lowest BCUT2D eigenvalue weighted by Gasteiger charge is -2.03. The first-order valence-electron chi connectivity index (χ1n) is 4.95. The zero-order chi connectivity index (χ0) is 12.3. The third-order valence-electron chi connectivity index (χ3n) is 2.42. The zero-order valence-electron chi connectivity index (χ0n) is 9.57. The number of nitrogens with one attached hydrogen (secondary N) is 1. The molecule has 0 atom stereocenters. The van der Waals surface area contributed by atoms with Gasteiger partial charge in [0.05, 0.1) is 11.4 Å². The fourth-order valence-corrected chi connectivity index (χ4v) is 1.56. The number of aryl methyl sites for hydroxylation is 2. The number of carboxylic acid groups (broad SMARTS) is 1. The Hall–Kier alpha value is -1.85. The van der Waals surface area contributed by atoms with Crippen molar-refractivity contribution in [2.24, 2.45) is 0 Å². The van der Waals surface area contributed by atoms with E-state index >= 15 is 0 Å². The normalized spacial score (nSPS) is 10.2. The Morgan fingerprint density at radius 1 is 1.44 bits per heavy atom. The number of carbonyl (C=O) groups is 2. The second kappa shape index (κ2) is 4.78. The molecule has 0 radical (unpaired) electrons. The maximum absolute atomic E-state index is 11.1. The second-order valence-corrected chi connectivity index (χ2v) is 3.50. The fourth-order valence-electron chi connectivity index (χ4n) is 1.56. The van der Waals surface area contributed by atoms with Crippen LogP contribution in [0.25, 0.3) is 0 Å². The van der Waals surface area contributed by atoms with Gasteiger partial charge in [0.2, 0.25) is 5.91 Å². The third kappa shape index (κ3) is 2.39. The van der Waals surface area contributed by atoms with Gasteiger partial charge < -0.3 is 10.4 Å². The van der Waals surface area contributed by atoms with Crippen molar-refractivity contribution in [3.05, 3.63) is 17.0 Å². The van der Waals surface area contributed by atoms with Gasteiger partial charge in [0.15, 0.2) is 0 Å². The smallest absolute Gasteiger partial charge is 0.339 e. The molecule has 0 aromatic carbocycles. The molecular weight excluding hydrogens is 210 g/mol. The van der Waals surface area contributed by atoms with Gasteiger partial charge >= 0.3 is 5.97 Å². The van der Waals surface area contributed by atoms with Crippen LogP contribution in [-0.2, 0) is 11.3 Å². The number of carbonyl (C=O) groups excluding carboxylic acids is 1. The fraction of sp³-hybridized carbons (Fsp3) is 0.500. The number of carboxylic acids is 1. The molecule has 1 rings (SSSR count). The summed E-state index contributed by atoms with van der Waals surface area (Å²) in [4.78, 5) is 22.0. The molecule has 1 heterocycles. The highest BCUT2D eigenvalue weighted by Gasteiger charge is 2.17. The van der Waals surface area contributed by atoms with Crippen LogP contribution in [0.3, 0.4) is 0 Å². The van der Waals surface area contributed by atoms with Crippen molar-refractivity contribution in [2.45, 2.75) is 26.8 Å². The van der Waals surface area contributed by atoms with Crippen molar-refractivity contribution in [1.29, 1.82) is 0 Å². The number of aromatic nitrogens is 2. The first-order valence-corrected chi connectivity index (χ1v) is 4.95. The molecule has 0 saturated heterocycles. The molecule has 0 aliphatic rings. The van der Waals surface area contributed by atoms with E-state index in [1.165, 1.54) is 0 Å². The van der Waals surface area contributed by atoms with E-state index in [4.69, 9.17) is 5.11 Å². The van der Waals surface area contributed by atoms with Crippen molar-refractivity contribution >= 4 is 11.9 Å². The van der Waals surface area contributed by atoms with E-state index in [2.05, 4.69) is 10.4 Å². The number of hydrogen-bond acceptors (Lipinski definition) is 3. The van der Waals surface area contributed by atoms with Gasteiger partial charge in [0.25, 0.3) is 0 Å². The third-order valence-corrected chi connectivity index (χ3v) is 2.42. The number of rotatable bonds is 4. The van der Waals surface area contributed by atoms with Crippen LogP contribution in [-0.4, -0.2) is 33.8 Å². The minimum absolute atomic E-state index is 0.0931. The summed E-state index contributed by atoms with van der Waals surface area (Å²) < 4.78 is 1.55. The van der Waals surface area contributed by atoms with Gasteiger partial charge in [-0.15, -0.1) is 0 Å². The quantitative estimate of drug-likeness (QED) is 0.773. The Bertz CT molecular complexity index is 423. The number of nitrogens with zero attached hydrogens (tertiary/aromatic N) is 2. The molecule has 1 amide bonds. The number of hydrogen-bond donors (Lipinski definition) is 2. The number of aromatic carboxylic acids is 1. The molecule has 6 nitrogen and oxygen atoms in total. The summed E-state index contributed by atoms with van der Waals surface area (Å²) in [5.74, 6) is -1.08. The minimum Gasteiger partial charge on any atom is -0.478 e. The van der Waals surface area contributed by atoms with Gasteiger partial charge in [-0.05, 0) is 13.8 Å². The lowest BCUT2D eigenvalue weighted by Crippen LogP contribution is -2.20. The Kier molecular flexibility index (Phi) is 3.65. The predicted molar refractivity (Wildman–Crippen MR) is 57.3 cm³/mol. The Morgan fingerprint density at radius 3 is 2.50 bits per heavy atom. The van der Waals surface area contributed by atoms with E-state index in [9.17, 15) is 9.59 Å². The monoisotopic (exact) mass is 225 g/mol. The SMILES string of the molecule is CNC(=O)CCn1nc(C)c(C(=O)O)c1C. The van der Waals surface area contributed by atoms with Crippen LogP contribution in [0, 0.1) is 13.8 Å². The van der Waals surface area contributed by atoms with E-state index in [-0.39, 0.29) is 17.9 Å². The molecule has 0 fully saturated rings. The van der Waals surface area contributed by atoms with Crippen LogP contribution in [0.2, 0.25) is 0 Å². The van der Waals surface area contributed by atoms with Crippen molar-refractivity contribution in [3.63, 3.8) is 0 Å². The molecule has 0 bridgehead atoms. The van der Waals surface area contributed by atoms with Crippen LogP contribution >= 0.6 is 0 Å². The molecule has 6 heteroatoms. The molecule has 88 valence electrons. The molecular formula is C10H15N3O3. The van der Waals surface area contributed by atoms with Crippen molar-refractivity contribution in [1.82, 2.24) is 15.1 Å². The predicted octanol–water partition coefficient (Wildman–Crippen LogP) is 0.334. The van der Waals surface area contributed by atoms with Crippen LogP contribution in [0.15, 0.2) is 0 Å². The lowest BCUT2D eigenvalue weighted by molar-refractivity contribution is -0.120. The molecule has 16 heavy (non-hydrogen) atoms. The molecule has 2 N–H and O–H groups in total. The van der Waals surface area contributed by atoms with E-state index in [0.29, 0.717) is 17.9 Å². The van der Waals surface area contributed by atoms with Crippen molar-refractivity contribution in [2.75, 3.05) is 7.05 Å². The van der Waals surface area contributed by atoms with Crippen LogP contribution < -0.4 is 5.32 Å². The highest BCUT2D eigenvalue weighted by molar-refractivity contribution is 5.90. The van der Waals surface area contributed by atoms with Gasteiger partial charge in [-0.1, -0.05) is 0 Å². The Labute approximate surface area is 93.3 Å². The second-order valence-electron chi connectivity index (χ2n) is 3.50. The topological polar surface area (TPSA) is 84.2 Å². The average molecular weight is 225 g/mol. The first kappa shape index (κ1) is 12.2. The first-order chi connectivity index (χ1) is 7.47. The summed E-state index contributed by atoms with van der Waals surface area (Å²) in [5.41, 5.74) is 1.27. The molecule has 0 unspecified atom stereocenters. The highest BCUT2D eigenvalue weighted by atomic mass is 16.4. The van der Waals surface area contributed by atoms with Gasteiger partial charge in [-0.2, -0.15) is 5.10 Å². The highest BCUT2D eigenvalue weighted by Crippen LogP contribution is 2.13. The molecule has 1 aromatic heterocycles. The molecule has 0 aliphatic heterocycles. The van der Waals surface area contributed by atoms with E-state index in [1.54, 1.807) is 25.6 Å². The van der Waals surface area contributed by atoms with E-state index in [1.807, 2.05) is 0 Å². The van der Waals surface area contributed by atoms with Crippen LogP contribution in [0.1, 0.15) is 28.2 Å². The van der Waals surface area contributed by atoms with Crippen LogP contribution in [0.5, 0.6) is 0 Å². The summed E-state index contributed by atoms with van der Waals surface area (Å²) in [6.07, 6.45) is 0.289. The van der Waals surface area contributed by atoms with Gasteiger partial charge in [-0.25, -0.2) is 4.79 Å². The summed E-state index contributed by atoms with van der Waals surface area (Å²) in [5, 5.41) is 15.5. The summed E-state index contributed by atoms with van der Waals surface area (Å²) in [6.45, 7) is 3.72. The maximum atomic E-state index is 11.1. The largest absolute Gasteiger partial charge is 0.478 e. The molecule has 0 aliphatic carbocycles. The van der Waals surface area contributed by atoms with E-state index < -0.39 is 5.97 Å². The van der Waals surface area contributed by atoms with Crippen LogP contribution in [0.4, 0.5) is 0 Å². The zero-order valence-corrected chi connectivity index (χ0v) is 9.57. The Morgan fingerprint density at radius 2 is 2.06 bits per heavy atom. The van der Waals surface area contributed by atoms with E-state index in [0.717, 1.165) is 0 Å². The van der Waals surface area contributed by atoms with Crippen molar-refractivity contribution in [3.8, 4) is 0 Å². The van der Waals surface area contributed by atoms with Gasteiger partial charge in [0, 0.05) is 20.0 Å². The number of amides is 1. The molecule has 1 aromatic rings. The summed E-state index contributed by atoms with van der Waals surface area (Å²) in [6, 6.07) is 0. The molecule has 0 spiro atoms. The Balaban J connectivity index is 2.87. The van der Waals surface area contributed by atoms with Crippen molar-refractivity contribution < 1.29 is 14.7 Å².